The molecular weight excluding hydrogens is 435 g/mol. The van der Waals surface area contributed by atoms with Gasteiger partial charge in [0.2, 0.25) is 0 Å². The Kier molecular flexibility index (Phi) is 6.32. The first-order valence-electron chi connectivity index (χ1n) is 10.1. The molecular formula is C24H20F3N3OS. The van der Waals surface area contributed by atoms with Crippen molar-refractivity contribution >= 4 is 28.3 Å². The molecule has 0 fully saturated rings. The number of aromatic nitrogens is 1. The molecule has 4 nitrogen and oxygen atoms in total. The van der Waals surface area contributed by atoms with Crippen LogP contribution in [0.5, 0.6) is 0 Å². The smallest absolute Gasteiger partial charge is 0.352 e. The maximum atomic E-state index is 12.5. The van der Waals surface area contributed by atoms with E-state index < -0.39 is 18.5 Å². The normalized spacial score (nSPS) is 12.9. The number of hydrogen-bond acceptors (Lipinski definition) is 4. The van der Waals surface area contributed by atoms with Crippen LogP contribution in [0.25, 0.3) is 4.91 Å². The summed E-state index contributed by atoms with van der Waals surface area (Å²) in [6.07, 6.45) is -5.30. The van der Waals surface area contributed by atoms with Crippen LogP contribution in [0.2, 0.25) is 0 Å². The number of benzene rings is 2. The van der Waals surface area contributed by atoms with Gasteiger partial charge in [-0.1, -0.05) is 36.0 Å². The standard InChI is InChI=1S/C24H20F3N3OS/c1-15-6-4-9-20(29-15)22-17-7-2-3-8-18(17)30-19-11-10-16(14-21(19)32-22)23(31)28-13-5-12-24(25,26)27/h2-4,6-11,14H,5,12-13H2,1H3,(H,28,31). The van der Waals surface area contributed by atoms with Gasteiger partial charge in [0.25, 0.3) is 5.91 Å². The minimum absolute atomic E-state index is 0.0387. The van der Waals surface area contributed by atoms with E-state index in [1.54, 1.807) is 18.2 Å². The van der Waals surface area contributed by atoms with Crippen molar-refractivity contribution in [2.75, 3.05) is 6.54 Å². The molecule has 3 aromatic rings. The SMILES string of the molecule is Cc1cccc(C2=c3ccccc3=Nc3ccc(C(=O)NCCCC(F)(F)F)cc3S2)n1. The van der Waals surface area contributed by atoms with Crippen molar-refractivity contribution in [3.05, 3.63) is 88.2 Å². The summed E-state index contributed by atoms with van der Waals surface area (Å²) in [5.41, 5.74) is 2.80. The first-order chi connectivity index (χ1) is 15.3. The zero-order valence-corrected chi connectivity index (χ0v) is 18.1. The molecule has 1 aromatic heterocycles. The van der Waals surface area contributed by atoms with Crippen molar-refractivity contribution in [3.8, 4) is 0 Å². The van der Waals surface area contributed by atoms with E-state index in [-0.39, 0.29) is 13.0 Å². The van der Waals surface area contributed by atoms with Crippen LogP contribution in [0.15, 0.2) is 70.6 Å². The van der Waals surface area contributed by atoms with Crippen LogP contribution in [0.1, 0.15) is 34.6 Å². The van der Waals surface area contributed by atoms with Crippen LogP contribution >= 0.6 is 11.8 Å². The van der Waals surface area contributed by atoms with Gasteiger partial charge in [0, 0.05) is 39.2 Å². The van der Waals surface area contributed by atoms with Gasteiger partial charge in [-0.2, -0.15) is 13.2 Å². The van der Waals surface area contributed by atoms with Gasteiger partial charge in [-0.3, -0.25) is 9.78 Å². The number of nitrogens with zero attached hydrogens (tertiary/aromatic N) is 2. The van der Waals surface area contributed by atoms with E-state index in [0.29, 0.717) is 5.56 Å². The van der Waals surface area contributed by atoms with Gasteiger partial charge in [-0.25, -0.2) is 4.99 Å². The lowest BCUT2D eigenvalue weighted by atomic mass is 10.2. The summed E-state index contributed by atoms with van der Waals surface area (Å²) in [6, 6.07) is 18.7. The van der Waals surface area contributed by atoms with E-state index in [0.717, 1.165) is 37.5 Å². The van der Waals surface area contributed by atoms with Crippen LogP contribution in [-0.4, -0.2) is 23.6 Å². The molecule has 0 unspecified atom stereocenters. The Morgan fingerprint density at radius 3 is 2.66 bits per heavy atom. The number of alkyl halides is 3. The van der Waals surface area contributed by atoms with Crippen molar-refractivity contribution in [2.45, 2.75) is 30.8 Å². The van der Waals surface area contributed by atoms with E-state index in [4.69, 9.17) is 4.99 Å². The monoisotopic (exact) mass is 455 g/mol. The third kappa shape index (κ3) is 5.19. The third-order valence-electron chi connectivity index (χ3n) is 4.87. The molecule has 0 bridgehead atoms. The first-order valence-corrected chi connectivity index (χ1v) is 10.9. The molecule has 2 heterocycles. The number of fused-ring (bicyclic) bond motifs is 2. The van der Waals surface area contributed by atoms with Crippen LogP contribution in [0.3, 0.4) is 0 Å². The highest BCUT2D eigenvalue weighted by atomic mass is 32.2. The minimum Gasteiger partial charge on any atom is -0.352 e. The summed E-state index contributed by atoms with van der Waals surface area (Å²) >= 11 is 1.48. The second-order valence-electron chi connectivity index (χ2n) is 7.38. The molecule has 0 saturated heterocycles. The number of aryl methyl sites for hydroxylation is 1. The fraction of sp³-hybridized carbons (Fsp3) is 0.208. The number of pyridine rings is 1. The van der Waals surface area contributed by atoms with E-state index >= 15 is 0 Å². The zero-order chi connectivity index (χ0) is 22.7. The average Bonchev–Trinajstić information content (AvgIpc) is 2.92. The van der Waals surface area contributed by atoms with Crippen LogP contribution < -0.4 is 15.9 Å². The van der Waals surface area contributed by atoms with E-state index in [2.05, 4.69) is 10.3 Å². The summed E-state index contributed by atoms with van der Waals surface area (Å²) in [6.45, 7) is 1.89. The Morgan fingerprint density at radius 2 is 1.88 bits per heavy atom. The molecule has 32 heavy (non-hydrogen) atoms. The molecule has 0 aliphatic carbocycles. The number of amides is 1. The average molecular weight is 456 g/mol. The van der Waals surface area contributed by atoms with Crippen LogP contribution in [0, 0.1) is 6.92 Å². The van der Waals surface area contributed by atoms with Crippen molar-refractivity contribution in [3.63, 3.8) is 0 Å². The summed E-state index contributed by atoms with van der Waals surface area (Å²) in [4.78, 5) is 23.7. The van der Waals surface area contributed by atoms with Crippen molar-refractivity contribution in [2.24, 2.45) is 4.99 Å². The second-order valence-corrected chi connectivity index (χ2v) is 8.43. The van der Waals surface area contributed by atoms with E-state index in [9.17, 15) is 18.0 Å². The number of thioether (sulfide) groups is 1. The Labute approximate surface area is 187 Å². The molecule has 0 atom stereocenters. The predicted molar refractivity (Wildman–Crippen MR) is 118 cm³/mol. The van der Waals surface area contributed by atoms with Gasteiger partial charge in [-0.05, 0) is 49.7 Å². The highest BCUT2D eigenvalue weighted by Crippen LogP contribution is 2.38. The lowest BCUT2D eigenvalue weighted by Gasteiger charge is -2.11. The highest BCUT2D eigenvalue weighted by molar-refractivity contribution is 8.08. The van der Waals surface area contributed by atoms with Gasteiger partial charge in [0.1, 0.15) is 0 Å². The molecule has 0 radical (unpaired) electrons. The maximum Gasteiger partial charge on any atom is 0.389 e. The Hall–Kier alpha value is -3.13. The van der Waals surface area contributed by atoms with E-state index in [1.165, 1.54) is 11.8 Å². The quantitative estimate of drug-likeness (QED) is 0.569. The van der Waals surface area contributed by atoms with Gasteiger partial charge in [0.05, 0.1) is 16.7 Å². The summed E-state index contributed by atoms with van der Waals surface area (Å²) < 4.78 is 36.9. The number of nitrogens with one attached hydrogen (secondary N) is 1. The number of carbonyl (C=O) groups excluding carboxylic acids is 1. The lowest BCUT2D eigenvalue weighted by molar-refractivity contribution is -0.135. The molecule has 1 aliphatic heterocycles. The molecule has 8 heteroatoms. The van der Waals surface area contributed by atoms with Crippen LogP contribution in [0.4, 0.5) is 18.9 Å². The highest BCUT2D eigenvalue weighted by Gasteiger charge is 2.26. The van der Waals surface area contributed by atoms with Crippen molar-refractivity contribution in [1.82, 2.24) is 10.3 Å². The van der Waals surface area contributed by atoms with Gasteiger partial charge in [-0.15, -0.1) is 0 Å². The Morgan fingerprint density at radius 1 is 1.06 bits per heavy atom. The molecule has 1 N–H and O–H groups in total. The number of halogens is 3. The number of rotatable bonds is 5. The third-order valence-corrected chi connectivity index (χ3v) is 6.05. The number of para-hydroxylation sites is 1. The minimum atomic E-state index is -4.22. The largest absolute Gasteiger partial charge is 0.389 e. The lowest BCUT2D eigenvalue weighted by Crippen LogP contribution is -2.25. The molecule has 0 saturated carbocycles. The fourth-order valence-corrected chi connectivity index (χ4v) is 4.46. The maximum absolute atomic E-state index is 12.5. The first kappa shape index (κ1) is 22.1. The second kappa shape index (κ2) is 9.16. The molecule has 4 rings (SSSR count). The summed E-state index contributed by atoms with van der Waals surface area (Å²) in [7, 11) is 0. The zero-order valence-electron chi connectivity index (χ0n) is 17.2. The summed E-state index contributed by atoms with van der Waals surface area (Å²) in [5.74, 6) is -0.410. The number of carbonyl (C=O) groups is 1. The Bertz CT molecular complexity index is 1290. The molecule has 1 amide bonds. The van der Waals surface area contributed by atoms with E-state index in [1.807, 2.05) is 49.4 Å². The van der Waals surface area contributed by atoms with Gasteiger partial charge < -0.3 is 5.32 Å². The fourth-order valence-electron chi connectivity index (χ4n) is 3.34. The molecule has 2 aromatic carbocycles. The molecule has 1 aliphatic rings. The molecule has 0 spiro atoms. The topological polar surface area (TPSA) is 54.4 Å². The predicted octanol–water partition coefficient (Wildman–Crippen LogP) is 4.68. The molecule has 164 valence electrons. The van der Waals surface area contributed by atoms with Gasteiger partial charge in [0.15, 0.2) is 0 Å². The van der Waals surface area contributed by atoms with Crippen molar-refractivity contribution < 1.29 is 18.0 Å². The summed E-state index contributed by atoms with van der Waals surface area (Å²) in [5, 5.41) is 4.32. The van der Waals surface area contributed by atoms with Gasteiger partial charge >= 0.3 is 6.18 Å². The Balaban J connectivity index is 1.65. The van der Waals surface area contributed by atoms with Crippen molar-refractivity contribution in [1.29, 1.82) is 0 Å². The van der Waals surface area contributed by atoms with Crippen LogP contribution in [-0.2, 0) is 0 Å². The number of hydrogen-bond donors (Lipinski definition) is 1.